The maximum absolute atomic E-state index is 12.2. The van der Waals surface area contributed by atoms with E-state index in [1.54, 1.807) is 25.3 Å². The largest absolute Gasteiger partial charge is 0.496 e. The van der Waals surface area contributed by atoms with Crippen molar-refractivity contribution >= 4 is 29.1 Å². The first-order valence-electron chi connectivity index (χ1n) is 7.55. The van der Waals surface area contributed by atoms with E-state index in [1.807, 2.05) is 31.2 Å². The van der Waals surface area contributed by atoms with Crippen LogP contribution in [0.2, 0.25) is 10.0 Å². The molecule has 4 nitrogen and oxygen atoms in total. The van der Waals surface area contributed by atoms with Gasteiger partial charge in [0.2, 0.25) is 0 Å². The van der Waals surface area contributed by atoms with Gasteiger partial charge in [0.25, 0.3) is 5.91 Å². The van der Waals surface area contributed by atoms with E-state index in [2.05, 4.69) is 5.32 Å². The first kappa shape index (κ1) is 18.4. The molecular formula is C18H19Cl2NO3. The zero-order valence-corrected chi connectivity index (χ0v) is 15.0. The Morgan fingerprint density at radius 1 is 1.17 bits per heavy atom. The van der Waals surface area contributed by atoms with Gasteiger partial charge in [0.1, 0.15) is 11.5 Å². The molecule has 0 aliphatic heterocycles. The molecule has 0 saturated heterocycles. The lowest BCUT2D eigenvalue weighted by molar-refractivity contribution is -0.123. The molecule has 0 radical (unpaired) electrons. The number of carbonyl (C=O) groups excluding carboxylic acids is 1. The van der Waals surface area contributed by atoms with E-state index < -0.39 is 0 Å². The molecule has 0 aliphatic rings. The van der Waals surface area contributed by atoms with Crippen molar-refractivity contribution in [3.63, 3.8) is 0 Å². The Hall–Kier alpha value is -1.91. The summed E-state index contributed by atoms with van der Waals surface area (Å²) >= 11 is 11.9. The molecule has 1 unspecified atom stereocenters. The molecule has 0 fully saturated rings. The van der Waals surface area contributed by atoms with Crippen LogP contribution in [-0.2, 0) is 4.79 Å². The van der Waals surface area contributed by atoms with E-state index >= 15 is 0 Å². The topological polar surface area (TPSA) is 47.6 Å². The number of amides is 1. The predicted molar refractivity (Wildman–Crippen MR) is 96.1 cm³/mol. The lowest BCUT2D eigenvalue weighted by atomic mass is 10.0. The van der Waals surface area contributed by atoms with Crippen LogP contribution in [0.25, 0.3) is 0 Å². The van der Waals surface area contributed by atoms with Crippen molar-refractivity contribution in [3.05, 3.63) is 58.1 Å². The number of halogens is 2. The number of nitrogens with one attached hydrogen (secondary N) is 1. The summed E-state index contributed by atoms with van der Waals surface area (Å²) < 4.78 is 10.8. The summed E-state index contributed by atoms with van der Waals surface area (Å²) in [7, 11) is 1.61. The van der Waals surface area contributed by atoms with Crippen molar-refractivity contribution in [2.24, 2.45) is 0 Å². The highest BCUT2D eigenvalue weighted by atomic mass is 35.5. The molecule has 2 aromatic carbocycles. The van der Waals surface area contributed by atoms with Crippen molar-refractivity contribution in [2.45, 2.75) is 19.4 Å². The second kappa shape index (κ2) is 8.81. The summed E-state index contributed by atoms with van der Waals surface area (Å²) in [5, 5.41) is 3.83. The molecule has 0 heterocycles. The second-order valence-electron chi connectivity index (χ2n) is 5.13. The zero-order valence-electron chi connectivity index (χ0n) is 13.5. The minimum atomic E-state index is -0.237. The number of rotatable bonds is 7. The van der Waals surface area contributed by atoms with Crippen molar-refractivity contribution in [1.29, 1.82) is 0 Å². The van der Waals surface area contributed by atoms with Gasteiger partial charge in [0.15, 0.2) is 6.61 Å². The van der Waals surface area contributed by atoms with E-state index in [1.165, 1.54) is 0 Å². The van der Waals surface area contributed by atoms with Crippen molar-refractivity contribution in [2.75, 3.05) is 13.7 Å². The fraction of sp³-hybridized carbons (Fsp3) is 0.278. The first-order chi connectivity index (χ1) is 11.5. The average molecular weight is 368 g/mol. The van der Waals surface area contributed by atoms with Crippen LogP contribution in [0.5, 0.6) is 11.5 Å². The SMILES string of the molecule is CCC(NC(=O)COc1ccc(Cl)cc1Cl)c1ccccc1OC. The molecule has 0 aliphatic carbocycles. The second-order valence-corrected chi connectivity index (χ2v) is 5.98. The molecule has 2 rings (SSSR count). The quantitative estimate of drug-likeness (QED) is 0.774. The van der Waals surface area contributed by atoms with E-state index in [0.717, 1.165) is 17.7 Å². The molecule has 0 aromatic heterocycles. The number of ether oxygens (including phenoxy) is 2. The lowest BCUT2D eigenvalue weighted by Gasteiger charge is -2.20. The van der Waals surface area contributed by atoms with Gasteiger partial charge in [-0.3, -0.25) is 4.79 Å². The molecule has 6 heteroatoms. The summed E-state index contributed by atoms with van der Waals surface area (Å²) in [6.45, 7) is 1.86. The number of hydrogen-bond acceptors (Lipinski definition) is 3. The van der Waals surface area contributed by atoms with Gasteiger partial charge >= 0.3 is 0 Å². The highest BCUT2D eigenvalue weighted by Crippen LogP contribution is 2.28. The summed E-state index contributed by atoms with van der Waals surface area (Å²) in [4.78, 5) is 12.2. The molecule has 0 bridgehead atoms. The molecule has 128 valence electrons. The van der Waals surface area contributed by atoms with E-state index in [0.29, 0.717) is 15.8 Å². The number of para-hydroxylation sites is 1. The van der Waals surface area contributed by atoms with Crippen molar-refractivity contribution in [3.8, 4) is 11.5 Å². The van der Waals surface area contributed by atoms with Gasteiger partial charge in [0.05, 0.1) is 18.2 Å². The Bertz CT molecular complexity index is 706. The highest BCUT2D eigenvalue weighted by Gasteiger charge is 2.17. The molecular weight excluding hydrogens is 349 g/mol. The van der Waals surface area contributed by atoms with Gasteiger partial charge in [-0.1, -0.05) is 48.3 Å². The van der Waals surface area contributed by atoms with Gasteiger partial charge in [-0.25, -0.2) is 0 Å². The van der Waals surface area contributed by atoms with Crippen molar-refractivity contribution < 1.29 is 14.3 Å². The van der Waals surface area contributed by atoms with E-state index in [4.69, 9.17) is 32.7 Å². The minimum absolute atomic E-state index is 0.132. The van der Waals surface area contributed by atoms with Crippen LogP contribution in [0.1, 0.15) is 24.9 Å². The van der Waals surface area contributed by atoms with Crippen LogP contribution in [0.3, 0.4) is 0 Å². The number of benzene rings is 2. The first-order valence-corrected chi connectivity index (χ1v) is 8.30. The van der Waals surface area contributed by atoms with Crippen LogP contribution in [0.15, 0.2) is 42.5 Å². The van der Waals surface area contributed by atoms with Gasteiger partial charge < -0.3 is 14.8 Å². The number of hydrogen-bond donors (Lipinski definition) is 1. The summed E-state index contributed by atoms with van der Waals surface area (Å²) in [6, 6.07) is 12.3. The molecule has 24 heavy (non-hydrogen) atoms. The van der Waals surface area contributed by atoms with Crippen LogP contribution in [0.4, 0.5) is 0 Å². The standard InChI is InChI=1S/C18H19Cl2NO3/c1-3-15(13-6-4-5-7-16(13)23-2)21-18(22)11-24-17-9-8-12(19)10-14(17)20/h4-10,15H,3,11H2,1-2H3,(H,21,22). The fourth-order valence-corrected chi connectivity index (χ4v) is 2.79. The minimum Gasteiger partial charge on any atom is -0.496 e. The Morgan fingerprint density at radius 2 is 1.92 bits per heavy atom. The Kier molecular flexibility index (Phi) is 6.76. The van der Waals surface area contributed by atoms with E-state index in [-0.39, 0.29) is 18.6 Å². The number of carbonyl (C=O) groups is 1. The third-order valence-corrected chi connectivity index (χ3v) is 4.04. The molecule has 1 N–H and O–H groups in total. The summed E-state index contributed by atoms with van der Waals surface area (Å²) in [5.74, 6) is 0.923. The Labute approximate surface area is 151 Å². The van der Waals surface area contributed by atoms with Crippen LogP contribution in [-0.4, -0.2) is 19.6 Å². The van der Waals surface area contributed by atoms with Gasteiger partial charge in [-0.05, 0) is 30.7 Å². The van der Waals surface area contributed by atoms with Crippen LogP contribution >= 0.6 is 23.2 Å². The zero-order chi connectivity index (χ0) is 17.5. The monoisotopic (exact) mass is 367 g/mol. The van der Waals surface area contributed by atoms with Crippen LogP contribution in [0, 0.1) is 0 Å². The molecule has 0 saturated carbocycles. The Balaban J connectivity index is 1.99. The summed E-state index contributed by atoms with van der Waals surface area (Å²) in [6.07, 6.45) is 0.730. The fourth-order valence-electron chi connectivity index (χ4n) is 2.33. The average Bonchev–Trinajstić information content (AvgIpc) is 2.59. The predicted octanol–water partition coefficient (Wildman–Crippen LogP) is 4.65. The third kappa shape index (κ3) is 4.79. The molecule has 2 aromatic rings. The van der Waals surface area contributed by atoms with Gasteiger partial charge in [-0.15, -0.1) is 0 Å². The summed E-state index contributed by atoms with van der Waals surface area (Å²) in [5.41, 5.74) is 0.931. The van der Waals surface area contributed by atoms with Crippen molar-refractivity contribution in [1.82, 2.24) is 5.32 Å². The maximum Gasteiger partial charge on any atom is 0.258 e. The number of methoxy groups -OCH3 is 1. The van der Waals surface area contributed by atoms with E-state index in [9.17, 15) is 4.79 Å². The maximum atomic E-state index is 12.2. The lowest BCUT2D eigenvalue weighted by Crippen LogP contribution is -2.32. The molecule has 0 spiro atoms. The third-order valence-electron chi connectivity index (χ3n) is 3.51. The Morgan fingerprint density at radius 3 is 2.58 bits per heavy atom. The van der Waals surface area contributed by atoms with Gasteiger partial charge in [-0.2, -0.15) is 0 Å². The molecule has 1 atom stereocenters. The van der Waals surface area contributed by atoms with Crippen LogP contribution < -0.4 is 14.8 Å². The molecule has 1 amide bonds. The van der Waals surface area contributed by atoms with Gasteiger partial charge in [0, 0.05) is 10.6 Å². The smallest absolute Gasteiger partial charge is 0.258 e. The normalized spacial score (nSPS) is 11.7. The highest BCUT2D eigenvalue weighted by molar-refractivity contribution is 6.35.